The van der Waals surface area contributed by atoms with Crippen LogP contribution in [0.2, 0.25) is 0 Å². The molecule has 1 aromatic heterocycles. The van der Waals surface area contributed by atoms with Gasteiger partial charge in [-0.15, -0.1) is 0 Å². The summed E-state index contributed by atoms with van der Waals surface area (Å²) < 4.78 is 0. The fourth-order valence-electron chi connectivity index (χ4n) is 1.51. The van der Waals surface area contributed by atoms with Gasteiger partial charge in [0.05, 0.1) is 0 Å². The second-order valence-corrected chi connectivity index (χ2v) is 3.34. The minimum atomic E-state index is 0.478. The van der Waals surface area contributed by atoms with Crippen molar-refractivity contribution in [1.82, 2.24) is 9.97 Å². The molecule has 0 saturated heterocycles. The van der Waals surface area contributed by atoms with Crippen LogP contribution < -0.4 is 5.73 Å². The summed E-state index contributed by atoms with van der Waals surface area (Å²) in [6.45, 7) is 2.12. The lowest BCUT2D eigenvalue weighted by molar-refractivity contribution is 1.14. The Bertz CT molecular complexity index is 466. The number of rotatable bonds is 2. The van der Waals surface area contributed by atoms with E-state index in [1.807, 2.05) is 12.1 Å². The van der Waals surface area contributed by atoms with Gasteiger partial charge in [-0.1, -0.05) is 25.1 Å². The fraction of sp³-hybridized carbons (Fsp3) is 0.167. The first-order chi connectivity index (χ1) is 7.31. The lowest BCUT2D eigenvalue weighted by Crippen LogP contribution is -1.96. The van der Waals surface area contributed by atoms with Gasteiger partial charge in [-0.3, -0.25) is 4.98 Å². The molecule has 0 aliphatic heterocycles. The van der Waals surface area contributed by atoms with Crippen molar-refractivity contribution in [2.45, 2.75) is 13.3 Å². The Morgan fingerprint density at radius 3 is 2.73 bits per heavy atom. The zero-order valence-electron chi connectivity index (χ0n) is 8.64. The van der Waals surface area contributed by atoms with Crippen LogP contribution in [0.3, 0.4) is 0 Å². The van der Waals surface area contributed by atoms with Crippen molar-refractivity contribution in [2.75, 3.05) is 5.73 Å². The molecule has 2 rings (SSSR count). The van der Waals surface area contributed by atoms with Crippen LogP contribution in [0.4, 0.5) is 5.82 Å². The summed E-state index contributed by atoms with van der Waals surface area (Å²) in [6.07, 6.45) is 4.26. The molecule has 0 unspecified atom stereocenters. The van der Waals surface area contributed by atoms with Crippen molar-refractivity contribution in [3.8, 4) is 11.3 Å². The zero-order chi connectivity index (χ0) is 10.7. The Hall–Kier alpha value is -1.90. The van der Waals surface area contributed by atoms with Crippen molar-refractivity contribution >= 4 is 5.82 Å². The number of hydrogen-bond donors (Lipinski definition) is 1. The molecule has 0 spiro atoms. The smallest absolute Gasteiger partial charge is 0.149 e. The van der Waals surface area contributed by atoms with Crippen LogP contribution in [0.25, 0.3) is 11.3 Å². The Morgan fingerprint density at radius 1 is 1.20 bits per heavy atom. The third-order valence-corrected chi connectivity index (χ3v) is 2.34. The highest BCUT2D eigenvalue weighted by Crippen LogP contribution is 2.22. The highest BCUT2D eigenvalue weighted by molar-refractivity contribution is 5.69. The lowest BCUT2D eigenvalue weighted by Gasteiger charge is -2.04. The molecule has 1 heterocycles. The summed E-state index contributed by atoms with van der Waals surface area (Å²) >= 11 is 0. The number of aromatic nitrogens is 2. The molecule has 3 heteroatoms. The minimum absolute atomic E-state index is 0.478. The number of anilines is 1. The van der Waals surface area contributed by atoms with Gasteiger partial charge in [-0.05, 0) is 18.1 Å². The van der Waals surface area contributed by atoms with Gasteiger partial charge in [0.15, 0.2) is 0 Å². The number of nitrogen functional groups attached to an aromatic ring is 1. The van der Waals surface area contributed by atoms with E-state index in [2.05, 4.69) is 29.0 Å². The molecule has 0 amide bonds. The number of nitrogens with zero attached hydrogens (tertiary/aromatic N) is 2. The van der Waals surface area contributed by atoms with Crippen molar-refractivity contribution in [2.24, 2.45) is 0 Å². The molecule has 2 N–H and O–H groups in total. The van der Waals surface area contributed by atoms with E-state index in [4.69, 9.17) is 5.73 Å². The maximum absolute atomic E-state index is 5.77. The van der Waals surface area contributed by atoms with Crippen molar-refractivity contribution in [3.63, 3.8) is 0 Å². The predicted octanol–water partition coefficient (Wildman–Crippen LogP) is 2.29. The maximum atomic E-state index is 5.77. The molecular weight excluding hydrogens is 186 g/mol. The number of nitrogens with two attached hydrogens (primary N) is 1. The van der Waals surface area contributed by atoms with Gasteiger partial charge in [0.2, 0.25) is 0 Å². The normalized spacial score (nSPS) is 10.2. The Kier molecular flexibility index (Phi) is 2.63. The van der Waals surface area contributed by atoms with Crippen molar-refractivity contribution in [3.05, 3.63) is 42.2 Å². The second-order valence-electron chi connectivity index (χ2n) is 3.34. The van der Waals surface area contributed by atoms with Gasteiger partial charge in [-0.25, -0.2) is 4.98 Å². The van der Waals surface area contributed by atoms with E-state index in [-0.39, 0.29) is 0 Å². The molecule has 0 radical (unpaired) electrons. The van der Waals surface area contributed by atoms with Crippen molar-refractivity contribution in [1.29, 1.82) is 0 Å². The molecule has 0 aliphatic rings. The van der Waals surface area contributed by atoms with Gasteiger partial charge in [0.1, 0.15) is 11.5 Å². The first-order valence-corrected chi connectivity index (χ1v) is 4.97. The fourth-order valence-corrected chi connectivity index (χ4v) is 1.51. The number of hydrogen-bond acceptors (Lipinski definition) is 3. The highest BCUT2D eigenvalue weighted by atomic mass is 14.9. The standard InChI is InChI=1S/C12H13N3/c1-2-9-4-3-5-10(8-9)11-12(13)15-7-6-14-11/h3-8H,2H2,1H3,(H2,13,15). The van der Waals surface area contributed by atoms with Crippen LogP contribution >= 0.6 is 0 Å². The van der Waals surface area contributed by atoms with Gasteiger partial charge in [0, 0.05) is 18.0 Å². The lowest BCUT2D eigenvalue weighted by atomic mass is 10.1. The van der Waals surface area contributed by atoms with Gasteiger partial charge in [-0.2, -0.15) is 0 Å². The first kappa shape index (κ1) is 9.65. The minimum Gasteiger partial charge on any atom is -0.382 e. The third-order valence-electron chi connectivity index (χ3n) is 2.34. The quantitative estimate of drug-likeness (QED) is 0.807. The summed E-state index contributed by atoms with van der Waals surface area (Å²) in [5, 5.41) is 0. The molecule has 0 bridgehead atoms. The van der Waals surface area contributed by atoms with Crippen molar-refractivity contribution < 1.29 is 0 Å². The van der Waals surface area contributed by atoms with E-state index in [9.17, 15) is 0 Å². The predicted molar refractivity (Wildman–Crippen MR) is 61.3 cm³/mol. The van der Waals surface area contributed by atoms with E-state index in [1.54, 1.807) is 12.4 Å². The summed E-state index contributed by atoms with van der Waals surface area (Å²) in [5.74, 6) is 0.478. The molecule has 15 heavy (non-hydrogen) atoms. The molecule has 0 atom stereocenters. The van der Waals surface area contributed by atoms with Crippen LogP contribution in [-0.2, 0) is 6.42 Å². The average Bonchev–Trinajstić information content (AvgIpc) is 2.30. The molecule has 76 valence electrons. The third kappa shape index (κ3) is 1.96. The number of benzene rings is 1. The van der Waals surface area contributed by atoms with Crippen LogP contribution in [0, 0.1) is 0 Å². The van der Waals surface area contributed by atoms with E-state index in [0.717, 1.165) is 17.7 Å². The molecule has 3 nitrogen and oxygen atoms in total. The second kappa shape index (κ2) is 4.09. The summed E-state index contributed by atoms with van der Waals surface area (Å²) in [5.41, 5.74) is 8.83. The monoisotopic (exact) mass is 199 g/mol. The molecular formula is C12H13N3. The molecule has 0 fully saturated rings. The average molecular weight is 199 g/mol. The van der Waals surface area contributed by atoms with E-state index in [0.29, 0.717) is 5.82 Å². The summed E-state index contributed by atoms with van der Waals surface area (Å²) in [7, 11) is 0. The SMILES string of the molecule is CCc1cccc(-c2nccnc2N)c1. The van der Waals surface area contributed by atoms with Crippen LogP contribution in [0.15, 0.2) is 36.7 Å². The molecule has 0 saturated carbocycles. The molecule has 0 aliphatic carbocycles. The highest BCUT2D eigenvalue weighted by Gasteiger charge is 2.04. The van der Waals surface area contributed by atoms with E-state index >= 15 is 0 Å². The number of aryl methyl sites for hydroxylation is 1. The topological polar surface area (TPSA) is 51.8 Å². The summed E-state index contributed by atoms with van der Waals surface area (Å²) in [4.78, 5) is 8.26. The van der Waals surface area contributed by atoms with Gasteiger partial charge < -0.3 is 5.73 Å². The molecule has 2 aromatic rings. The van der Waals surface area contributed by atoms with E-state index < -0.39 is 0 Å². The van der Waals surface area contributed by atoms with Crippen LogP contribution in [0.1, 0.15) is 12.5 Å². The Morgan fingerprint density at radius 2 is 2.00 bits per heavy atom. The van der Waals surface area contributed by atoms with E-state index in [1.165, 1.54) is 5.56 Å². The largest absolute Gasteiger partial charge is 0.382 e. The van der Waals surface area contributed by atoms with Gasteiger partial charge >= 0.3 is 0 Å². The maximum Gasteiger partial charge on any atom is 0.149 e. The Labute approximate surface area is 89.0 Å². The first-order valence-electron chi connectivity index (χ1n) is 4.97. The van der Waals surface area contributed by atoms with Crippen LogP contribution in [-0.4, -0.2) is 9.97 Å². The zero-order valence-corrected chi connectivity index (χ0v) is 8.64. The molecule has 1 aromatic carbocycles. The Balaban J connectivity index is 2.49. The van der Waals surface area contributed by atoms with Gasteiger partial charge in [0.25, 0.3) is 0 Å². The van der Waals surface area contributed by atoms with Crippen LogP contribution in [0.5, 0.6) is 0 Å². The summed E-state index contributed by atoms with van der Waals surface area (Å²) in [6, 6.07) is 8.21.